The minimum absolute atomic E-state index is 0.417. The topological polar surface area (TPSA) is 20.2 Å². The van der Waals surface area contributed by atoms with Crippen molar-refractivity contribution in [2.75, 3.05) is 5.75 Å². The molecule has 0 aromatic heterocycles. The molecular formula is C15H15BrOS. The summed E-state index contributed by atoms with van der Waals surface area (Å²) in [6.07, 6.45) is -0.417. The first-order valence-corrected chi connectivity index (χ1v) is 7.56. The van der Waals surface area contributed by atoms with Gasteiger partial charge in [-0.3, -0.25) is 0 Å². The zero-order chi connectivity index (χ0) is 13.0. The van der Waals surface area contributed by atoms with Gasteiger partial charge in [-0.25, -0.2) is 0 Å². The summed E-state index contributed by atoms with van der Waals surface area (Å²) in [5.74, 6) is 0.673. The summed E-state index contributed by atoms with van der Waals surface area (Å²) in [6, 6.07) is 16.1. The molecule has 1 unspecified atom stereocenters. The predicted octanol–water partition coefficient (Wildman–Crippen LogP) is 4.58. The van der Waals surface area contributed by atoms with Crippen molar-refractivity contribution in [3.8, 4) is 0 Å². The number of aliphatic hydroxyl groups excluding tert-OH is 1. The molecule has 0 aliphatic heterocycles. The molecule has 1 nitrogen and oxygen atoms in total. The molecule has 0 heterocycles. The van der Waals surface area contributed by atoms with Gasteiger partial charge in [-0.2, -0.15) is 0 Å². The van der Waals surface area contributed by atoms with Gasteiger partial charge >= 0.3 is 0 Å². The molecule has 2 rings (SSSR count). The third kappa shape index (κ3) is 3.61. The van der Waals surface area contributed by atoms with E-state index in [0.29, 0.717) is 5.75 Å². The van der Waals surface area contributed by atoms with Crippen LogP contribution in [0.15, 0.2) is 57.9 Å². The van der Waals surface area contributed by atoms with Gasteiger partial charge in [0, 0.05) is 15.1 Å². The Kier molecular flexibility index (Phi) is 4.87. The Labute approximate surface area is 120 Å². The van der Waals surface area contributed by atoms with E-state index in [9.17, 15) is 5.11 Å². The summed E-state index contributed by atoms with van der Waals surface area (Å²) < 4.78 is 1.08. The number of halogens is 1. The SMILES string of the molecule is Cc1ccccc1C(O)CSc1ccc(Br)cc1. The second kappa shape index (κ2) is 6.41. The highest BCUT2D eigenvalue weighted by Gasteiger charge is 2.10. The molecule has 2 aromatic carbocycles. The lowest BCUT2D eigenvalue weighted by atomic mass is 10.1. The first kappa shape index (κ1) is 13.7. The smallest absolute Gasteiger partial charge is 0.0886 e. The summed E-state index contributed by atoms with van der Waals surface area (Å²) in [7, 11) is 0. The largest absolute Gasteiger partial charge is 0.388 e. The summed E-state index contributed by atoms with van der Waals surface area (Å²) in [6.45, 7) is 2.03. The van der Waals surface area contributed by atoms with Crippen molar-refractivity contribution in [3.63, 3.8) is 0 Å². The molecule has 0 saturated heterocycles. The molecule has 0 fully saturated rings. The number of hydrogen-bond acceptors (Lipinski definition) is 2. The van der Waals surface area contributed by atoms with Crippen LogP contribution in [0.5, 0.6) is 0 Å². The number of rotatable bonds is 4. The van der Waals surface area contributed by atoms with E-state index in [1.165, 1.54) is 4.90 Å². The fourth-order valence-corrected chi connectivity index (χ4v) is 2.88. The van der Waals surface area contributed by atoms with E-state index >= 15 is 0 Å². The van der Waals surface area contributed by atoms with Crippen LogP contribution in [0.1, 0.15) is 17.2 Å². The Morgan fingerprint density at radius 1 is 1.11 bits per heavy atom. The Balaban J connectivity index is 1.98. The number of aliphatic hydroxyl groups is 1. The number of hydrogen-bond donors (Lipinski definition) is 1. The summed E-state index contributed by atoms with van der Waals surface area (Å²) in [5.41, 5.74) is 2.16. The Morgan fingerprint density at radius 2 is 1.78 bits per heavy atom. The van der Waals surface area contributed by atoms with E-state index in [0.717, 1.165) is 15.6 Å². The molecule has 3 heteroatoms. The molecule has 0 bridgehead atoms. The first-order valence-electron chi connectivity index (χ1n) is 5.79. The average Bonchev–Trinajstić information content (AvgIpc) is 2.38. The molecule has 0 aliphatic carbocycles. The van der Waals surface area contributed by atoms with Gasteiger partial charge in [-0.15, -0.1) is 11.8 Å². The van der Waals surface area contributed by atoms with Gasteiger partial charge in [-0.05, 0) is 42.3 Å². The van der Waals surface area contributed by atoms with E-state index in [1.54, 1.807) is 11.8 Å². The van der Waals surface area contributed by atoms with Crippen LogP contribution < -0.4 is 0 Å². The van der Waals surface area contributed by atoms with Gasteiger partial charge in [0.25, 0.3) is 0 Å². The lowest BCUT2D eigenvalue weighted by Gasteiger charge is -2.13. The molecule has 0 aliphatic rings. The van der Waals surface area contributed by atoms with E-state index in [4.69, 9.17) is 0 Å². The van der Waals surface area contributed by atoms with Crippen LogP contribution in [-0.4, -0.2) is 10.9 Å². The quantitative estimate of drug-likeness (QED) is 0.831. The van der Waals surface area contributed by atoms with Gasteiger partial charge in [-0.1, -0.05) is 40.2 Å². The van der Waals surface area contributed by atoms with Gasteiger partial charge in [0.05, 0.1) is 6.10 Å². The molecule has 1 atom stereocenters. The fourth-order valence-electron chi connectivity index (χ4n) is 1.76. The van der Waals surface area contributed by atoms with Crippen molar-refractivity contribution < 1.29 is 5.11 Å². The monoisotopic (exact) mass is 322 g/mol. The number of thioether (sulfide) groups is 1. The maximum Gasteiger partial charge on any atom is 0.0886 e. The van der Waals surface area contributed by atoms with Crippen molar-refractivity contribution >= 4 is 27.7 Å². The Hall–Kier alpha value is -0.770. The van der Waals surface area contributed by atoms with Gasteiger partial charge in [0.2, 0.25) is 0 Å². The van der Waals surface area contributed by atoms with Crippen LogP contribution in [-0.2, 0) is 0 Å². The summed E-state index contributed by atoms with van der Waals surface area (Å²) >= 11 is 5.08. The van der Waals surface area contributed by atoms with E-state index < -0.39 is 6.10 Å². The van der Waals surface area contributed by atoms with Gasteiger partial charge in [0.15, 0.2) is 0 Å². The molecular weight excluding hydrogens is 308 g/mol. The van der Waals surface area contributed by atoms with E-state index in [-0.39, 0.29) is 0 Å². The van der Waals surface area contributed by atoms with Crippen molar-refractivity contribution in [1.29, 1.82) is 0 Å². The highest BCUT2D eigenvalue weighted by molar-refractivity contribution is 9.10. The Bertz CT molecular complexity index is 510. The van der Waals surface area contributed by atoms with Crippen molar-refractivity contribution in [1.82, 2.24) is 0 Å². The van der Waals surface area contributed by atoms with E-state index in [2.05, 4.69) is 28.1 Å². The molecule has 18 heavy (non-hydrogen) atoms. The van der Waals surface area contributed by atoms with Crippen molar-refractivity contribution in [3.05, 3.63) is 64.1 Å². The van der Waals surface area contributed by atoms with Crippen LogP contribution in [0.4, 0.5) is 0 Å². The first-order chi connectivity index (χ1) is 8.66. The number of aryl methyl sites for hydroxylation is 1. The summed E-state index contributed by atoms with van der Waals surface area (Å²) in [4.78, 5) is 1.17. The summed E-state index contributed by atoms with van der Waals surface area (Å²) in [5, 5.41) is 10.2. The van der Waals surface area contributed by atoms with Gasteiger partial charge < -0.3 is 5.11 Å². The molecule has 0 radical (unpaired) electrons. The maximum absolute atomic E-state index is 10.2. The molecule has 94 valence electrons. The van der Waals surface area contributed by atoms with Crippen LogP contribution in [0.25, 0.3) is 0 Å². The minimum atomic E-state index is -0.417. The lowest BCUT2D eigenvalue weighted by Crippen LogP contribution is -2.02. The van der Waals surface area contributed by atoms with Crippen molar-refractivity contribution in [2.45, 2.75) is 17.9 Å². The highest BCUT2D eigenvalue weighted by atomic mass is 79.9. The highest BCUT2D eigenvalue weighted by Crippen LogP contribution is 2.27. The molecule has 1 N–H and O–H groups in total. The third-order valence-corrected chi connectivity index (χ3v) is 4.39. The van der Waals surface area contributed by atoms with Crippen LogP contribution in [0, 0.1) is 6.92 Å². The second-order valence-electron chi connectivity index (χ2n) is 4.14. The third-order valence-electron chi connectivity index (χ3n) is 2.77. The van der Waals surface area contributed by atoms with Crippen LogP contribution in [0.2, 0.25) is 0 Å². The normalized spacial score (nSPS) is 12.4. The van der Waals surface area contributed by atoms with Crippen LogP contribution in [0.3, 0.4) is 0 Å². The number of benzene rings is 2. The van der Waals surface area contributed by atoms with Crippen LogP contribution >= 0.6 is 27.7 Å². The molecule has 0 saturated carbocycles. The van der Waals surface area contributed by atoms with Crippen molar-refractivity contribution in [2.24, 2.45) is 0 Å². The standard InChI is InChI=1S/C15H15BrOS/c1-11-4-2-3-5-14(11)15(17)10-18-13-8-6-12(16)7-9-13/h2-9,15,17H,10H2,1H3. The average molecular weight is 323 g/mol. The van der Waals surface area contributed by atoms with E-state index in [1.807, 2.05) is 43.3 Å². The lowest BCUT2D eigenvalue weighted by molar-refractivity contribution is 0.203. The molecule has 0 spiro atoms. The zero-order valence-corrected chi connectivity index (χ0v) is 12.5. The minimum Gasteiger partial charge on any atom is -0.388 e. The zero-order valence-electron chi connectivity index (χ0n) is 10.1. The fraction of sp³-hybridized carbons (Fsp3) is 0.200. The molecule has 2 aromatic rings. The predicted molar refractivity (Wildman–Crippen MR) is 81.0 cm³/mol. The second-order valence-corrected chi connectivity index (χ2v) is 6.15. The molecule has 0 amide bonds. The Morgan fingerprint density at radius 3 is 2.44 bits per heavy atom. The van der Waals surface area contributed by atoms with Gasteiger partial charge in [0.1, 0.15) is 0 Å². The maximum atomic E-state index is 10.2.